The maximum Gasteiger partial charge on any atom is 0.145 e. The molecular formula is C13H14N6. The molecule has 0 aliphatic rings. The number of aromatic nitrogens is 2. The summed E-state index contributed by atoms with van der Waals surface area (Å²) in [5.41, 5.74) is 3.87. The Morgan fingerprint density at radius 2 is 2.05 bits per heavy atom. The van der Waals surface area contributed by atoms with E-state index in [1.54, 1.807) is 19.1 Å². The Labute approximate surface area is 111 Å². The van der Waals surface area contributed by atoms with Crippen molar-refractivity contribution in [3.05, 3.63) is 41.7 Å². The van der Waals surface area contributed by atoms with Gasteiger partial charge in [0.25, 0.3) is 0 Å². The van der Waals surface area contributed by atoms with Crippen LogP contribution in [-0.4, -0.2) is 17.0 Å². The van der Waals surface area contributed by atoms with Gasteiger partial charge >= 0.3 is 0 Å². The molecule has 0 aliphatic heterocycles. The Balaban J connectivity index is 2.47. The maximum atomic E-state index is 9.13. The van der Waals surface area contributed by atoms with E-state index in [2.05, 4.69) is 21.5 Å². The van der Waals surface area contributed by atoms with Gasteiger partial charge in [0.1, 0.15) is 23.5 Å². The standard InChI is InChI=1S/C13H14N6/c1-9-16-12(18-15)7-13(17-9)19(2)11-6-4-3-5-10(11)8-14/h3-7H,15H2,1-2H3,(H,16,17,18). The number of para-hydroxylation sites is 1. The van der Waals surface area contributed by atoms with Crippen LogP contribution >= 0.6 is 0 Å². The zero-order valence-corrected chi connectivity index (χ0v) is 10.8. The van der Waals surface area contributed by atoms with E-state index < -0.39 is 0 Å². The number of hydrogen-bond acceptors (Lipinski definition) is 6. The molecule has 96 valence electrons. The zero-order chi connectivity index (χ0) is 13.8. The van der Waals surface area contributed by atoms with Gasteiger partial charge in [-0.2, -0.15) is 5.26 Å². The second-order valence-corrected chi connectivity index (χ2v) is 3.99. The van der Waals surface area contributed by atoms with Gasteiger partial charge in [-0.05, 0) is 19.1 Å². The number of nitrogens with two attached hydrogens (primary N) is 1. The fraction of sp³-hybridized carbons (Fsp3) is 0.154. The number of hydrazine groups is 1. The Morgan fingerprint density at radius 1 is 1.32 bits per heavy atom. The van der Waals surface area contributed by atoms with Gasteiger partial charge in [0, 0.05) is 13.1 Å². The number of benzene rings is 1. The van der Waals surface area contributed by atoms with Crippen molar-refractivity contribution in [2.24, 2.45) is 5.84 Å². The van der Waals surface area contributed by atoms with Crippen molar-refractivity contribution in [3.63, 3.8) is 0 Å². The molecule has 0 bridgehead atoms. The highest BCUT2D eigenvalue weighted by atomic mass is 15.3. The number of rotatable bonds is 3. The van der Waals surface area contributed by atoms with Crippen molar-refractivity contribution in [1.82, 2.24) is 9.97 Å². The van der Waals surface area contributed by atoms with Crippen LogP contribution in [0.15, 0.2) is 30.3 Å². The normalized spacial score (nSPS) is 9.79. The van der Waals surface area contributed by atoms with E-state index in [0.29, 0.717) is 23.0 Å². The lowest BCUT2D eigenvalue weighted by Crippen LogP contribution is -2.16. The zero-order valence-electron chi connectivity index (χ0n) is 10.8. The summed E-state index contributed by atoms with van der Waals surface area (Å²) in [5.74, 6) is 7.18. The van der Waals surface area contributed by atoms with Crippen molar-refractivity contribution in [2.45, 2.75) is 6.92 Å². The lowest BCUT2D eigenvalue weighted by atomic mass is 10.2. The fourth-order valence-corrected chi connectivity index (χ4v) is 1.78. The molecule has 0 saturated carbocycles. The third-order valence-corrected chi connectivity index (χ3v) is 2.70. The number of hydrogen-bond donors (Lipinski definition) is 2. The summed E-state index contributed by atoms with van der Waals surface area (Å²) < 4.78 is 0. The van der Waals surface area contributed by atoms with E-state index in [0.717, 1.165) is 5.69 Å². The number of anilines is 3. The third kappa shape index (κ3) is 2.61. The highest BCUT2D eigenvalue weighted by Gasteiger charge is 2.11. The Kier molecular flexibility index (Phi) is 3.59. The molecule has 6 nitrogen and oxygen atoms in total. The van der Waals surface area contributed by atoms with Crippen molar-refractivity contribution in [3.8, 4) is 6.07 Å². The van der Waals surface area contributed by atoms with Crippen LogP contribution in [0.1, 0.15) is 11.4 Å². The van der Waals surface area contributed by atoms with Gasteiger partial charge in [0.15, 0.2) is 0 Å². The maximum absolute atomic E-state index is 9.13. The van der Waals surface area contributed by atoms with E-state index in [9.17, 15) is 0 Å². The molecule has 0 radical (unpaired) electrons. The summed E-state index contributed by atoms with van der Waals surface area (Å²) in [6.45, 7) is 1.79. The molecule has 0 atom stereocenters. The van der Waals surface area contributed by atoms with Gasteiger partial charge in [-0.3, -0.25) is 0 Å². The lowest BCUT2D eigenvalue weighted by Gasteiger charge is -2.20. The molecule has 0 saturated heterocycles. The van der Waals surface area contributed by atoms with Crippen LogP contribution in [0.25, 0.3) is 0 Å². The van der Waals surface area contributed by atoms with E-state index in [1.807, 2.05) is 30.1 Å². The minimum absolute atomic E-state index is 0.531. The summed E-state index contributed by atoms with van der Waals surface area (Å²) in [5, 5.41) is 9.13. The van der Waals surface area contributed by atoms with Crippen molar-refractivity contribution in [1.29, 1.82) is 5.26 Å². The van der Waals surface area contributed by atoms with Crippen molar-refractivity contribution >= 4 is 17.3 Å². The SMILES string of the molecule is Cc1nc(NN)cc(N(C)c2ccccc2C#N)n1. The van der Waals surface area contributed by atoms with Crippen LogP contribution in [0.2, 0.25) is 0 Å². The van der Waals surface area contributed by atoms with Crippen LogP contribution in [0.3, 0.4) is 0 Å². The summed E-state index contributed by atoms with van der Waals surface area (Å²) in [6.07, 6.45) is 0. The van der Waals surface area contributed by atoms with Crippen LogP contribution in [0.4, 0.5) is 17.3 Å². The predicted molar refractivity (Wildman–Crippen MR) is 73.8 cm³/mol. The number of nitrogens with one attached hydrogen (secondary N) is 1. The van der Waals surface area contributed by atoms with Crippen LogP contribution in [0.5, 0.6) is 0 Å². The van der Waals surface area contributed by atoms with Gasteiger partial charge in [0.05, 0.1) is 11.3 Å². The van der Waals surface area contributed by atoms with E-state index in [1.165, 1.54) is 0 Å². The minimum atomic E-state index is 0.531. The predicted octanol–water partition coefficient (Wildman–Crippen LogP) is 1.71. The summed E-state index contributed by atoms with van der Waals surface area (Å²) in [6, 6.07) is 11.2. The highest BCUT2D eigenvalue weighted by molar-refractivity contribution is 5.67. The number of nitriles is 1. The van der Waals surface area contributed by atoms with Gasteiger partial charge in [-0.25, -0.2) is 15.8 Å². The Morgan fingerprint density at radius 3 is 2.74 bits per heavy atom. The number of nitrogens with zero attached hydrogens (tertiary/aromatic N) is 4. The third-order valence-electron chi connectivity index (χ3n) is 2.70. The first kappa shape index (κ1) is 12.8. The van der Waals surface area contributed by atoms with E-state index in [4.69, 9.17) is 11.1 Å². The average Bonchev–Trinajstić information content (AvgIpc) is 2.45. The molecule has 19 heavy (non-hydrogen) atoms. The lowest BCUT2D eigenvalue weighted by molar-refractivity contribution is 1.01. The largest absolute Gasteiger partial charge is 0.328 e. The van der Waals surface area contributed by atoms with Gasteiger partial charge < -0.3 is 10.3 Å². The topological polar surface area (TPSA) is 90.9 Å². The van der Waals surface area contributed by atoms with Gasteiger partial charge in [0.2, 0.25) is 0 Å². The van der Waals surface area contributed by atoms with E-state index >= 15 is 0 Å². The fourth-order valence-electron chi connectivity index (χ4n) is 1.78. The Bertz CT molecular complexity index is 631. The molecule has 1 heterocycles. The first-order valence-corrected chi connectivity index (χ1v) is 5.71. The van der Waals surface area contributed by atoms with Crippen molar-refractivity contribution < 1.29 is 0 Å². The molecule has 2 aromatic rings. The summed E-state index contributed by atoms with van der Waals surface area (Å²) in [4.78, 5) is 10.3. The minimum Gasteiger partial charge on any atom is -0.328 e. The average molecular weight is 254 g/mol. The monoisotopic (exact) mass is 254 g/mol. The molecule has 6 heteroatoms. The smallest absolute Gasteiger partial charge is 0.145 e. The molecule has 2 rings (SSSR count). The van der Waals surface area contributed by atoms with Crippen LogP contribution < -0.4 is 16.2 Å². The molecular weight excluding hydrogens is 240 g/mol. The molecule has 0 fully saturated rings. The highest BCUT2D eigenvalue weighted by Crippen LogP contribution is 2.26. The second-order valence-electron chi connectivity index (χ2n) is 3.99. The molecule has 1 aromatic heterocycles. The molecule has 0 unspecified atom stereocenters. The number of aryl methyl sites for hydroxylation is 1. The van der Waals surface area contributed by atoms with E-state index in [-0.39, 0.29) is 0 Å². The first-order chi connectivity index (χ1) is 9.15. The molecule has 0 amide bonds. The first-order valence-electron chi connectivity index (χ1n) is 5.71. The van der Waals surface area contributed by atoms with Gasteiger partial charge in [-0.15, -0.1) is 0 Å². The second kappa shape index (κ2) is 5.33. The summed E-state index contributed by atoms with van der Waals surface area (Å²) >= 11 is 0. The van der Waals surface area contributed by atoms with Crippen LogP contribution in [-0.2, 0) is 0 Å². The van der Waals surface area contributed by atoms with Crippen molar-refractivity contribution in [2.75, 3.05) is 17.4 Å². The quantitative estimate of drug-likeness (QED) is 0.640. The molecule has 3 N–H and O–H groups in total. The molecule has 1 aromatic carbocycles. The molecule has 0 spiro atoms. The Hall–Kier alpha value is -2.65. The number of nitrogen functional groups attached to an aromatic ring is 1. The molecule has 0 aliphatic carbocycles. The van der Waals surface area contributed by atoms with Gasteiger partial charge in [-0.1, -0.05) is 12.1 Å². The summed E-state index contributed by atoms with van der Waals surface area (Å²) in [7, 11) is 1.85. The van der Waals surface area contributed by atoms with Crippen LogP contribution in [0, 0.1) is 18.3 Å².